The van der Waals surface area contributed by atoms with Crippen LogP contribution in [0.4, 0.5) is 17.1 Å². The normalized spacial score (nSPS) is 10.1. The lowest BCUT2D eigenvalue weighted by atomic mass is 10.2. The van der Waals surface area contributed by atoms with Crippen molar-refractivity contribution in [1.82, 2.24) is 0 Å². The topological polar surface area (TPSA) is 38.0 Å². The van der Waals surface area contributed by atoms with E-state index in [4.69, 9.17) is 5.73 Å². The van der Waals surface area contributed by atoms with E-state index in [9.17, 15) is 0 Å². The zero-order chi connectivity index (χ0) is 11.5. The van der Waals surface area contributed by atoms with Crippen LogP contribution in [0.3, 0.4) is 0 Å². The molecule has 0 unspecified atom stereocenters. The second-order valence-corrected chi connectivity index (χ2v) is 5.78. The van der Waals surface area contributed by atoms with Gasteiger partial charge in [-0.05, 0) is 81.6 Å². The molecule has 0 saturated carbocycles. The van der Waals surface area contributed by atoms with Crippen molar-refractivity contribution in [1.29, 1.82) is 0 Å². The Morgan fingerprint density at radius 3 is 2.50 bits per heavy atom. The zero-order valence-electron chi connectivity index (χ0n) is 8.37. The van der Waals surface area contributed by atoms with E-state index in [0.717, 1.165) is 20.6 Å². The predicted octanol–water partition coefficient (Wildman–Crippen LogP) is 4.22. The van der Waals surface area contributed by atoms with E-state index in [0.29, 0.717) is 0 Å². The largest absolute Gasteiger partial charge is 0.399 e. The molecule has 2 nitrogen and oxygen atoms in total. The van der Waals surface area contributed by atoms with Crippen molar-refractivity contribution in [2.45, 2.75) is 0 Å². The maximum Gasteiger partial charge on any atom is 0.0521 e. The molecule has 0 aromatic heterocycles. The summed E-state index contributed by atoms with van der Waals surface area (Å²) in [6, 6.07) is 14.1. The lowest BCUT2D eigenvalue weighted by Gasteiger charge is -2.09. The first-order chi connectivity index (χ1) is 7.65. The van der Waals surface area contributed by atoms with Gasteiger partial charge < -0.3 is 11.1 Å². The number of nitrogen functional groups attached to an aromatic ring is 1. The highest BCUT2D eigenvalue weighted by molar-refractivity contribution is 14.1. The molecule has 0 heterocycles. The van der Waals surface area contributed by atoms with Gasteiger partial charge in [0.25, 0.3) is 0 Å². The predicted molar refractivity (Wildman–Crippen MR) is 86.0 cm³/mol. The Hall–Kier alpha value is -0.500. The number of rotatable bonds is 2. The van der Waals surface area contributed by atoms with Crippen molar-refractivity contribution in [2.75, 3.05) is 11.1 Å². The van der Waals surface area contributed by atoms with Crippen LogP contribution in [0.25, 0.3) is 0 Å². The van der Waals surface area contributed by atoms with E-state index < -0.39 is 0 Å². The standard InChI is InChI=1S/C12H10I2N2/c13-8-2-1-3-10(6-8)16-12-5-4-9(15)7-11(12)14/h1-7,16H,15H2. The van der Waals surface area contributed by atoms with Gasteiger partial charge in [0.2, 0.25) is 0 Å². The van der Waals surface area contributed by atoms with Crippen LogP contribution in [0.1, 0.15) is 0 Å². The maximum absolute atomic E-state index is 5.71. The van der Waals surface area contributed by atoms with E-state index in [-0.39, 0.29) is 0 Å². The molecule has 0 amide bonds. The molecule has 16 heavy (non-hydrogen) atoms. The first-order valence-corrected chi connectivity index (χ1v) is 6.88. The Morgan fingerprint density at radius 1 is 1.00 bits per heavy atom. The summed E-state index contributed by atoms with van der Waals surface area (Å²) in [7, 11) is 0. The first-order valence-electron chi connectivity index (χ1n) is 4.73. The number of nitrogens with one attached hydrogen (secondary N) is 1. The Labute approximate surface area is 122 Å². The lowest BCUT2D eigenvalue weighted by Crippen LogP contribution is -1.94. The minimum atomic E-state index is 0.789. The van der Waals surface area contributed by atoms with Crippen LogP contribution < -0.4 is 11.1 Å². The summed E-state index contributed by atoms with van der Waals surface area (Å²) < 4.78 is 2.34. The minimum Gasteiger partial charge on any atom is -0.399 e. The van der Waals surface area contributed by atoms with Crippen LogP contribution >= 0.6 is 45.2 Å². The number of hydrogen-bond donors (Lipinski definition) is 2. The highest BCUT2D eigenvalue weighted by Crippen LogP contribution is 2.25. The average Bonchev–Trinajstić information content (AvgIpc) is 2.22. The molecule has 2 aromatic carbocycles. The molecule has 0 aliphatic heterocycles. The lowest BCUT2D eigenvalue weighted by molar-refractivity contribution is 1.51. The smallest absolute Gasteiger partial charge is 0.0521 e. The van der Waals surface area contributed by atoms with Crippen molar-refractivity contribution in [2.24, 2.45) is 0 Å². The zero-order valence-corrected chi connectivity index (χ0v) is 12.7. The van der Waals surface area contributed by atoms with Crippen molar-refractivity contribution in [3.05, 3.63) is 49.6 Å². The minimum absolute atomic E-state index is 0.789. The summed E-state index contributed by atoms with van der Waals surface area (Å²) in [5, 5.41) is 3.37. The quantitative estimate of drug-likeness (QED) is 0.547. The van der Waals surface area contributed by atoms with Crippen molar-refractivity contribution in [3.63, 3.8) is 0 Å². The SMILES string of the molecule is Nc1ccc(Nc2cccc(I)c2)c(I)c1. The van der Waals surface area contributed by atoms with Gasteiger partial charge in [-0.15, -0.1) is 0 Å². The number of hydrogen-bond acceptors (Lipinski definition) is 2. The van der Waals surface area contributed by atoms with Crippen LogP contribution in [0.2, 0.25) is 0 Å². The van der Waals surface area contributed by atoms with E-state index in [1.807, 2.05) is 24.3 Å². The molecule has 4 heteroatoms. The molecule has 0 atom stereocenters. The Kier molecular flexibility index (Phi) is 3.91. The number of nitrogens with two attached hydrogens (primary N) is 1. The molecular formula is C12H10I2N2. The van der Waals surface area contributed by atoms with Gasteiger partial charge in [0, 0.05) is 18.5 Å². The average molecular weight is 436 g/mol. The number of anilines is 3. The van der Waals surface area contributed by atoms with Crippen LogP contribution in [0.15, 0.2) is 42.5 Å². The fourth-order valence-corrected chi connectivity index (χ4v) is 2.57. The van der Waals surface area contributed by atoms with Crippen LogP contribution in [-0.4, -0.2) is 0 Å². The Morgan fingerprint density at radius 2 is 1.81 bits per heavy atom. The fourth-order valence-electron chi connectivity index (χ4n) is 1.35. The second kappa shape index (κ2) is 5.22. The maximum atomic E-state index is 5.71. The molecule has 2 rings (SSSR count). The number of halogens is 2. The molecule has 0 aliphatic carbocycles. The molecule has 0 fully saturated rings. The van der Waals surface area contributed by atoms with Gasteiger partial charge in [0.1, 0.15) is 0 Å². The van der Waals surface area contributed by atoms with Crippen molar-refractivity contribution >= 4 is 62.2 Å². The Balaban J connectivity index is 2.27. The molecule has 0 radical (unpaired) electrons. The van der Waals surface area contributed by atoms with Crippen LogP contribution in [-0.2, 0) is 0 Å². The molecule has 0 aliphatic rings. The monoisotopic (exact) mass is 436 g/mol. The number of benzene rings is 2. The van der Waals surface area contributed by atoms with E-state index >= 15 is 0 Å². The first kappa shape index (κ1) is 12.0. The van der Waals surface area contributed by atoms with Gasteiger partial charge in [-0.2, -0.15) is 0 Å². The third-order valence-electron chi connectivity index (χ3n) is 2.10. The van der Waals surface area contributed by atoms with Crippen LogP contribution in [0.5, 0.6) is 0 Å². The van der Waals surface area contributed by atoms with Gasteiger partial charge in [-0.3, -0.25) is 0 Å². The summed E-state index contributed by atoms with van der Waals surface area (Å²) in [6.07, 6.45) is 0. The van der Waals surface area contributed by atoms with Gasteiger partial charge >= 0.3 is 0 Å². The molecule has 0 saturated heterocycles. The molecular weight excluding hydrogens is 426 g/mol. The summed E-state index contributed by atoms with van der Waals surface area (Å²) in [5.41, 5.74) is 8.67. The van der Waals surface area contributed by atoms with Gasteiger partial charge in [-0.25, -0.2) is 0 Å². The second-order valence-electron chi connectivity index (χ2n) is 3.37. The highest BCUT2D eigenvalue weighted by atomic mass is 127. The van der Waals surface area contributed by atoms with E-state index in [1.54, 1.807) is 0 Å². The summed E-state index contributed by atoms with van der Waals surface area (Å²) >= 11 is 4.58. The third kappa shape index (κ3) is 3.00. The third-order valence-corrected chi connectivity index (χ3v) is 3.66. The summed E-state index contributed by atoms with van der Waals surface area (Å²) in [5.74, 6) is 0. The highest BCUT2D eigenvalue weighted by Gasteiger charge is 2.00. The van der Waals surface area contributed by atoms with Crippen LogP contribution in [0, 0.1) is 7.14 Å². The van der Waals surface area contributed by atoms with E-state index in [2.05, 4.69) is 68.7 Å². The van der Waals surface area contributed by atoms with Gasteiger partial charge in [0.15, 0.2) is 0 Å². The Bertz CT molecular complexity index is 512. The van der Waals surface area contributed by atoms with E-state index in [1.165, 1.54) is 3.57 Å². The summed E-state index contributed by atoms with van der Waals surface area (Å²) in [6.45, 7) is 0. The molecule has 0 bridgehead atoms. The molecule has 2 aromatic rings. The molecule has 3 N–H and O–H groups in total. The van der Waals surface area contributed by atoms with Crippen molar-refractivity contribution < 1.29 is 0 Å². The molecule has 82 valence electrons. The van der Waals surface area contributed by atoms with Gasteiger partial charge in [0.05, 0.1) is 5.69 Å². The van der Waals surface area contributed by atoms with Crippen molar-refractivity contribution in [3.8, 4) is 0 Å². The fraction of sp³-hybridized carbons (Fsp3) is 0. The van der Waals surface area contributed by atoms with Gasteiger partial charge in [-0.1, -0.05) is 6.07 Å². The summed E-state index contributed by atoms with van der Waals surface area (Å²) in [4.78, 5) is 0. The molecule has 0 spiro atoms.